The molecule has 3 unspecified atom stereocenters. The monoisotopic (exact) mass is 1530 g/mol. The van der Waals surface area contributed by atoms with E-state index in [-0.39, 0.29) is 64.4 Å². The predicted molar refractivity (Wildman–Crippen MR) is 433 cm³/mol. The summed E-state index contributed by atoms with van der Waals surface area (Å²) < 4.78 is 64.5. The van der Waals surface area contributed by atoms with Gasteiger partial charge in [-0.05, 0) is 25.7 Å². The highest BCUT2D eigenvalue weighted by atomic mass is 31.2. The molecule has 0 radical (unpaired) electrons. The van der Waals surface area contributed by atoms with Gasteiger partial charge in [0.25, 0.3) is 7.82 Å². The molecule has 0 aromatic heterocycles. The minimum Gasteiger partial charge on any atom is -0.756 e. The molecule has 0 aliphatic heterocycles. The van der Waals surface area contributed by atoms with Gasteiger partial charge in [-0.2, -0.15) is 0 Å². The average Bonchev–Trinajstić information content (AvgIpc) is 0.956. The fourth-order valence-electron chi connectivity index (χ4n) is 12.9. The number of nitrogens with one attached hydrogen (secondary N) is 1. The number of hydrogen-bond acceptors (Lipinski definition) is 17. The van der Waals surface area contributed by atoms with Crippen LogP contribution in [0.2, 0.25) is 0 Å². The molecule has 0 rings (SSSR count). The lowest BCUT2D eigenvalue weighted by Crippen LogP contribution is -2.31. The van der Waals surface area contributed by atoms with E-state index in [1.165, 1.54) is 315 Å². The van der Waals surface area contributed by atoms with Crippen molar-refractivity contribution in [1.29, 1.82) is 0 Å². The van der Waals surface area contributed by atoms with E-state index in [1.807, 2.05) is 0 Å². The van der Waals surface area contributed by atoms with Gasteiger partial charge < -0.3 is 57.2 Å². The van der Waals surface area contributed by atoms with Gasteiger partial charge in [-0.25, -0.2) is 4.79 Å². The summed E-state index contributed by atoms with van der Waals surface area (Å²) >= 11 is 0. The number of phosphoric acid groups is 1. The highest BCUT2D eigenvalue weighted by Gasteiger charge is 2.22. The number of hydrogen-bond donors (Lipinski definition) is 1. The molecule has 0 fully saturated rings. The maximum atomic E-state index is 12.7. The number of rotatable bonds is 85. The Bertz CT molecular complexity index is 1900. The van der Waals surface area contributed by atoms with E-state index in [4.69, 9.17) is 46.9 Å². The number of carbonyl (C=O) groups is 5. The van der Waals surface area contributed by atoms with Crippen molar-refractivity contribution >= 4 is 37.8 Å². The maximum absolute atomic E-state index is 12.7. The van der Waals surface area contributed by atoms with E-state index >= 15 is 0 Å². The molecule has 18 nitrogen and oxygen atoms in total. The van der Waals surface area contributed by atoms with E-state index < -0.39 is 51.3 Å². The average molecular weight is 1530 g/mol. The van der Waals surface area contributed by atoms with Crippen molar-refractivity contribution in [3.63, 3.8) is 0 Å². The minimum absolute atomic E-state index is 0.0507. The van der Waals surface area contributed by atoms with Gasteiger partial charge in [-0.3, -0.25) is 23.7 Å². The summed E-state index contributed by atoms with van der Waals surface area (Å²) in [6.45, 7) is 9.06. The van der Waals surface area contributed by atoms with Gasteiger partial charge in [-0.15, -0.1) is 0 Å². The Hall–Kier alpha value is -2.86. The summed E-state index contributed by atoms with van der Waals surface area (Å²) in [5.41, 5.74) is 0. The lowest BCUT2D eigenvalue weighted by Gasteiger charge is -2.25. The Kier molecular flexibility index (Phi) is 87.0. The van der Waals surface area contributed by atoms with Crippen LogP contribution in [0.15, 0.2) is 0 Å². The third-order valence-electron chi connectivity index (χ3n) is 19.7. The second kappa shape index (κ2) is 87.7. The molecule has 1 amide bonds. The maximum Gasteiger partial charge on any atom is 0.407 e. The summed E-state index contributed by atoms with van der Waals surface area (Å²) in [4.78, 5) is 74.1. The standard InChI is InChI=1S/C45H88NO11P.C42H82O6/c1-4-6-8-10-12-14-16-18-20-22-24-26-28-30-32-34-43(47)54-40-42(41-56-58(50,51)55-37-36-46-45(49)53-39-38-52-3)57-44(48)35-33-31-29-27-25-23-21-19-17-15-13-11-9-7-5-2;1-4-6-8-10-12-14-16-18-20-22-24-26-28-30-32-34-41(43)47-39-40(38-46-37-36-45-3)48-42(44)35-33-31-29-27-25-23-21-19-17-15-13-11-9-7-5-2/h42H,4-41H2,1-3H3,(H,46,49)(H,50,51);40H,4-39H2,1-3H3/p-1. The van der Waals surface area contributed by atoms with Crippen LogP contribution in [0.4, 0.5) is 4.79 Å². The van der Waals surface area contributed by atoms with Crippen molar-refractivity contribution < 1.29 is 80.4 Å². The molecule has 630 valence electrons. The number of phosphoric ester groups is 1. The number of unbranched alkanes of at least 4 members (excludes halogenated alkanes) is 56. The Morgan fingerprint density at radius 3 is 0.802 bits per heavy atom. The van der Waals surface area contributed by atoms with Crippen LogP contribution in [-0.4, -0.2) is 122 Å². The molecule has 19 heteroatoms. The molecular weight excluding hydrogens is 1360 g/mol. The summed E-state index contributed by atoms with van der Waals surface area (Å²) in [6, 6.07) is 0. The van der Waals surface area contributed by atoms with Gasteiger partial charge in [0.05, 0.1) is 39.6 Å². The third kappa shape index (κ3) is 86.7. The highest BCUT2D eigenvalue weighted by Crippen LogP contribution is 2.38. The van der Waals surface area contributed by atoms with Gasteiger partial charge in [0.15, 0.2) is 12.2 Å². The normalized spacial score (nSPS) is 12.5. The molecule has 0 saturated heterocycles. The molecule has 3 atom stereocenters. The second-order valence-corrected chi connectivity index (χ2v) is 31.5. The lowest BCUT2D eigenvalue weighted by molar-refractivity contribution is -0.228. The second-order valence-electron chi connectivity index (χ2n) is 30.1. The molecule has 0 heterocycles. The fourth-order valence-corrected chi connectivity index (χ4v) is 13.7. The molecule has 0 aliphatic rings. The zero-order valence-electron chi connectivity index (χ0n) is 69.9. The van der Waals surface area contributed by atoms with Crippen molar-refractivity contribution in [3.8, 4) is 0 Å². The largest absolute Gasteiger partial charge is 0.756 e. The van der Waals surface area contributed by atoms with Gasteiger partial charge in [0.1, 0.15) is 19.8 Å². The minimum atomic E-state index is -4.82. The topological polar surface area (TPSA) is 230 Å². The Morgan fingerprint density at radius 2 is 0.528 bits per heavy atom. The highest BCUT2D eigenvalue weighted by molar-refractivity contribution is 7.45. The number of methoxy groups -OCH3 is 2. The number of esters is 4. The number of alkyl carbamates (subject to hydrolysis) is 1. The number of amides is 1. The predicted octanol–water partition coefficient (Wildman–Crippen LogP) is 24.5. The Morgan fingerprint density at radius 1 is 0.283 bits per heavy atom. The van der Waals surface area contributed by atoms with Crippen LogP contribution < -0.4 is 10.2 Å². The first-order valence-electron chi connectivity index (χ1n) is 44.6. The van der Waals surface area contributed by atoms with Crippen LogP contribution in [-0.2, 0) is 70.7 Å². The molecule has 0 bridgehead atoms. The summed E-state index contributed by atoms with van der Waals surface area (Å²) in [7, 11) is -1.72. The molecule has 0 aromatic carbocycles. The molecule has 0 aromatic rings. The fraction of sp³-hybridized carbons (Fsp3) is 0.943. The molecular formula is C87H169NO17P-. The third-order valence-corrected chi connectivity index (χ3v) is 20.7. The van der Waals surface area contributed by atoms with Gasteiger partial charge in [0.2, 0.25) is 0 Å². The van der Waals surface area contributed by atoms with E-state index in [1.54, 1.807) is 7.11 Å². The van der Waals surface area contributed by atoms with E-state index in [0.717, 1.165) is 64.2 Å². The van der Waals surface area contributed by atoms with Crippen LogP contribution in [0.1, 0.15) is 439 Å². The number of carbonyl (C=O) groups excluding carboxylic acids is 5. The molecule has 0 aliphatic carbocycles. The van der Waals surface area contributed by atoms with Crippen LogP contribution in [0.3, 0.4) is 0 Å². The first kappa shape index (κ1) is 105. The summed E-state index contributed by atoms with van der Waals surface area (Å²) in [6.07, 6.45) is 74.5. The SMILES string of the molecule is CCCCCCCCCCCCCCCCCC(=O)OCC(COCCOC)OC(=O)CCCCCCCCCCCCCCCCC.CCCCCCCCCCCCCCCCCC(=O)OCC(COP(=O)([O-])OCCNC(=O)OCCOC)OC(=O)CCCCCCCCCCCCCCCCC. The van der Waals surface area contributed by atoms with Crippen LogP contribution in [0.25, 0.3) is 0 Å². The van der Waals surface area contributed by atoms with Crippen molar-refractivity contribution in [2.24, 2.45) is 0 Å². The molecule has 0 saturated carbocycles. The van der Waals surface area contributed by atoms with Crippen LogP contribution in [0, 0.1) is 0 Å². The smallest absolute Gasteiger partial charge is 0.407 e. The van der Waals surface area contributed by atoms with Crippen LogP contribution >= 0.6 is 7.82 Å². The van der Waals surface area contributed by atoms with E-state index in [0.29, 0.717) is 38.9 Å². The van der Waals surface area contributed by atoms with E-state index in [9.17, 15) is 33.4 Å². The van der Waals surface area contributed by atoms with Gasteiger partial charge in [-0.1, -0.05) is 387 Å². The zero-order chi connectivity index (χ0) is 77.6. The zero-order valence-corrected chi connectivity index (χ0v) is 70.8. The van der Waals surface area contributed by atoms with Gasteiger partial charge in [0, 0.05) is 46.4 Å². The van der Waals surface area contributed by atoms with E-state index in [2.05, 4.69) is 33.0 Å². The quantitative estimate of drug-likeness (QED) is 0.0258. The van der Waals surface area contributed by atoms with Crippen LogP contribution in [0.5, 0.6) is 0 Å². The van der Waals surface area contributed by atoms with Gasteiger partial charge >= 0.3 is 30.0 Å². The van der Waals surface area contributed by atoms with Crippen molar-refractivity contribution in [2.75, 3.05) is 80.2 Å². The Labute approximate surface area is 651 Å². The summed E-state index contributed by atoms with van der Waals surface area (Å²) in [5.74, 6) is -1.38. The molecule has 0 spiro atoms. The lowest BCUT2D eigenvalue weighted by atomic mass is 10.0. The van der Waals surface area contributed by atoms with Crippen molar-refractivity contribution in [2.45, 2.75) is 451 Å². The first-order valence-corrected chi connectivity index (χ1v) is 46.1. The Balaban J connectivity index is 0. The molecule has 106 heavy (non-hydrogen) atoms. The van der Waals surface area contributed by atoms with Crippen molar-refractivity contribution in [3.05, 3.63) is 0 Å². The molecule has 1 N–H and O–H groups in total. The number of ether oxygens (including phenoxy) is 8. The first-order chi connectivity index (χ1) is 51.9. The summed E-state index contributed by atoms with van der Waals surface area (Å²) in [5, 5.41) is 2.36. The van der Waals surface area contributed by atoms with Crippen molar-refractivity contribution in [1.82, 2.24) is 5.32 Å².